The molecular weight excluding hydrogens is 347 g/mol. The smallest absolute Gasteiger partial charge is 0.457 e. The average Bonchev–Trinajstić information content (AvgIpc) is 2.43. The molecule has 0 aromatic heterocycles. The molecule has 1 aromatic carbocycles. The normalized spacial score (nSPS) is 18.2. The minimum atomic E-state index is -5.87. The highest BCUT2D eigenvalue weighted by atomic mass is 19.4. The van der Waals surface area contributed by atoms with Crippen LogP contribution in [0.1, 0.15) is 38.3 Å². The van der Waals surface area contributed by atoms with Crippen LogP contribution in [0.15, 0.2) is 23.8 Å². The van der Waals surface area contributed by atoms with E-state index < -0.39 is 36.2 Å². The van der Waals surface area contributed by atoms with Crippen molar-refractivity contribution in [2.45, 2.75) is 50.8 Å². The van der Waals surface area contributed by atoms with Crippen LogP contribution in [0.4, 0.5) is 22.0 Å². The van der Waals surface area contributed by atoms with E-state index in [1.807, 2.05) is 20.8 Å². The van der Waals surface area contributed by atoms with Gasteiger partial charge in [0.2, 0.25) is 0 Å². The van der Waals surface area contributed by atoms with Gasteiger partial charge >= 0.3 is 18.1 Å². The molecule has 0 bridgehead atoms. The molecule has 1 atom stereocenters. The SMILES string of the molecule is CC(C)(C)c1ccc2c(c1)OC(C(F)(F)C(F)(F)F)C(CC(=O)O)=C2. The summed E-state index contributed by atoms with van der Waals surface area (Å²) in [4.78, 5) is 10.9. The zero-order valence-corrected chi connectivity index (χ0v) is 13.7. The maximum Gasteiger partial charge on any atom is 0.457 e. The number of hydrogen-bond donors (Lipinski definition) is 1. The molecule has 3 nitrogen and oxygen atoms in total. The first kappa shape index (κ1) is 19.2. The van der Waals surface area contributed by atoms with Crippen molar-refractivity contribution in [3.8, 4) is 5.75 Å². The van der Waals surface area contributed by atoms with E-state index >= 15 is 0 Å². The minimum absolute atomic E-state index is 0.129. The highest BCUT2D eigenvalue weighted by Crippen LogP contribution is 2.46. The van der Waals surface area contributed by atoms with Crippen LogP contribution in [0, 0.1) is 0 Å². The number of hydrogen-bond acceptors (Lipinski definition) is 2. The second-order valence-corrected chi connectivity index (χ2v) is 6.91. The van der Waals surface area contributed by atoms with Crippen molar-refractivity contribution in [1.29, 1.82) is 0 Å². The molecule has 0 radical (unpaired) electrons. The molecule has 25 heavy (non-hydrogen) atoms. The lowest BCUT2D eigenvalue weighted by molar-refractivity contribution is -0.304. The summed E-state index contributed by atoms with van der Waals surface area (Å²) in [6.45, 7) is 5.56. The molecule has 0 saturated carbocycles. The summed E-state index contributed by atoms with van der Waals surface area (Å²) in [6, 6.07) is 4.61. The number of ether oxygens (including phenoxy) is 1. The highest BCUT2D eigenvalue weighted by molar-refractivity contribution is 5.75. The van der Waals surface area contributed by atoms with Gasteiger partial charge in [-0.25, -0.2) is 0 Å². The Morgan fingerprint density at radius 1 is 1.16 bits per heavy atom. The number of halogens is 5. The van der Waals surface area contributed by atoms with Crippen molar-refractivity contribution in [2.24, 2.45) is 0 Å². The predicted molar refractivity (Wildman–Crippen MR) is 80.8 cm³/mol. The molecule has 138 valence electrons. The van der Waals surface area contributed by atoms with E-state index in [-0.39, 0.29) is 16.7 Å². The fourth-order valence-electron chi connectivity index (χ4n) is 2.47. The summed E-state index contributed by atoms with van der Waals surface area (Å²) in [7, 11) is 0. The second-order valence-electron chi connectivity index (χ2n) is 6.91. The standard InChI is InChI=1S/C17H17F5O3/c1-15(2,3)11-5-4-9-6-10(7-13(23)24)14(25-12(9)8-11)16(18,19)17(20,21)22/h4-6,8,14H,7H2,1-3H3,(H,23,24). The van der Waals surface area contributed by atoms with Crippen LogP contribution in [-0.4, -0.2) is 29.3 Å². The summed E-state index contributed by atoms with van der Waals surface area (Å²) in [5.41, 5.74) is -0.0504. The van der Waals surface area contributed by atoms with Gasteiger partial charge in [0.25, 0.3) is 0 Å². The quantitative estimate of drug-likeness (QED) is 0.784. The van der Waals surface area contributed by atoms with Gasteiger partial charge in [0.1, 0.15) is 5.75 Å². The lowest BCUT2D eigenvalue weighted by Crippen LogP contribution is -2.51. The van der Waals surface area contributed by atoms with Crippen molar-refractivity contribution in [3.63, 3.8) is 0 Å². The maximum absolute atomic E-state index is 13.9. The van der Waals surface area contributed by atoms with Crippen LogP contribution < -0.4 is 4.74 Å². The lowest BCUT2D eigenvalue weighted by Gasteiger charge is -2.34. The third kappa shape index (κ3) is 3.77. The highest BCUT2D eigenvalue weighted by Gasteiger charge is 2.65. The Labute approximate surface area is 141 Å². The fraction of sp³-hybridized carbons (Fsp3) is 0.471. The average molecular weight is 364 g/mol. The van der Waals surface area contributed by atoms with E-state index in [1.165, 1.54) is 12.1 Å². The largest absolute Gasteiger partial charge is 0.481 e. The van der Waals surface area contributed by atoms with E-state index in [1.54, 1.807) is 6.07 Å². The maximum atomic E-state index is 13.9. The van der Waals surface area contributed by atoms with Crippen LogP contribution in [0.25, 0.3) is 6.08 Å². The van der Waals surface area contributed by atoms with Crippen LogP contribution >= 0.6 is 0 Å². The van der Waals surface area contributed by atoms with Crippen LogP contribution in [0.2, 0.25) is 0 Å². The zero-order valence-electron chi connectivity index (χ0n) is 13.7. The van der Waals surface area contributed by atoms with E-state index in [0.717, 1.165) is 6.08 Å². The van der Waals surface area contributed by atoms with Crippen molar-refractivity contribution in [2.75, 3.05) is 0 Å². The first-order valence-electron chi connectivity index (χ1n) is 7.41. The first-order chi connectivity index (χ1) is 11.2. The van der Waals surface area contributed by atoms with Crippen LogP contribution in [0.3, 0.4) is 0 Å². The minimum Gasteiger partial charge on any atom is -0.481 e. The molecule has 8 heteroatoms. The molecule has 1 N–H and O–H groups in total. The molecule has 1 unspecified atom stereocenters. The Hall–Kier alpha value is -2.12. The Bertz CT molecular complexity index is 714. The third-order valence-electron chi connectivity index (χ3n) is 3.86. The van der Waals surface area contributed by atoms with E-state index in [9.17, 15) is 26.7 Å². The summed E-state index contributed by atoms with van der Waals surface area (Å²) in [6.07, 6.45) is -8.53. The van der Waals surface area contributed by atoms with Crippen LogP contribution in [-0.2, 0) is 10.2 Å². The number of fused-ring (bicyclic) bond motifs is 1. The predicted octanol–water partition coefficient (Wildman–Crippen LogP) is 4.80. The summed E-state index contributed by atoms with van der Waals surface area (Å²) >= 11 is 0. The molecule has 1 aromatic rings. The van der Waals surface area contributed by atoms with Crippen molar-refractivity contribution < 1.29 is 36.6 Å². The summed E-state index contributed by atoms with van der Waals surface area (Å²) < 4.78 is 71.0. The van der Waals surface area contributed by atoms with E-state index in [4.69, 9.17) is 9.84 Å². The Morgan fingerprint density at radius 3 is 2.24 bits per heavy atom. The molecule has 1 aliphatic rings. The number of rotatable bonds is 3. The van der Waals surface area contributed by atoms with Gasteiger partial charge in [0.05, 0.1) is 6.42 Å². The van der Waals surface area contributed by atoms with Gasteiger partial charge in [-0.1, -0.05) is 32.9 Å². The number of aliphatic carboxylic acids is 1. The molecule has 2 rings (SSSR count). The summed E-state index contributed by atoms with van der Waals surface area (Å²) in [5.74, 6) is -6.87. The molecule has 1 aliphatic heterocycles. The van der Waals surface area contributed by atoms with E-state index in [0.29, 0.717) is 5.56 Å². The molecule has 0 aliphatic carbocycles. The Balaban J connectivity index is 2.55. The number of benzene rings is 1. The topological polar surface area (TPSA) is 46.5 Å². The lowest BCUT2D eigenvalue weighted by atomic mass is 9.85. The van der Waals surface area contributed by atoms with Crippen molar-refractivity contribution in [3.05, 3.63) is 34.9 Å². The molecule has 0 spiro atoms. The van der Waals surface area contributed by atoms with Gasteiger partial charge in [-0.2, -0.15) is 22.0 Å². The van der Waals surface area contributed by atoms with Gasteiger partial charge in [0, 0.05) is 5.56 Å². The molecular formula is C17H17F5O3. The molecule has 0 saturated heterocycles. The Morgan fingerprint density at radius 2 is 1.76 bits per heavy atom. The first-order valence-corrected chi connectivity index (χ1v) is 7.41. The summed E-state index contributed by atoms with van der Waals surface area (Å²) in [5, 5.41) is 8.83. The van der Waals surface area contributed by atoms with Crippen molar-refractivity contribution >= 4 is 12.0 Å². The second kappa shape index (κ2) is 6.00. The zero-order chi connectivity index (χ0) is 19.2. The van der Waals surface area contributed by atoms with Gasteiger partial charge < -0.3 is 9.84 Å². The number of carboxylic acid groups (broad SMARTS) is 1. The van der Waals surface area contributed by atoms with Gasteiger partial charge in [-0.05, 0) is 28.7 Å². The monoisotopic (exact) mass is 364 g/mol. The molecule has 0 amide bonds. The van der Waals surface area contributed by atoms with Crippen molar-refractivity contribution in [1.82, 2.24) is 0 Å². The fourth-order valence-corrected chi connectivity index (χ4v) is 2.47. The van der Waals surface area contributed by atoms with E-state index in [2.05, 4.69) is 0 Å². The van der Waals surface area contributed by atoms with Gasteiger partial charge in [-0.15, -0.1) is 0 Å². The third-order valence-corrected chi connectivity index (χ3v) is 3.86. The number of carbonyl (C=O) groups is 1. The number of carboxylic acids is 1. The molecule has 1 heterocycles. The number of alkyl halides is 5. The van der Waals surface area contributed by atoms with Gasteiger partial charge in [0.15, 0.2) is 6.10 Å². The Kier molecular flexibility index (Phi) is 4.61. The molecule has 0 fully saturated rings. The van der Waals surface area contributed by atoms with Crippen LogP contribution in [0.5, 0.6) is 5.75 Å². The van der Waals surface area contributed by atoms with Gasteiger partial charge in [-0.3, -0.25) is 4.79 Å².